The summed E-state index contributed by atoms with van der Waals surface area (Å²) in [4.78, 5) is 44.0. The first-order valence-electron chi connectivity index (χ1n) is 19.4. The van der Waals surface area contributed by atoms with Gasteiger partial charge in [-0.1, -0.05) is 108 Å². The highest BCUT2D eigenvalue weighted by molar-refractivity contribution is 5.66. The van der Waals surface area contributed by atoms with Gasteiger partial charge in [0.15, 0.2) is 12.4 Å². The molecule has 0 atom stereocenters. The lowest BCUT2D eigenvalue weighted by Gasteiger charge is -2.00. The van der Waals surface area contributed by atoms with Gasteiger partial charge in [-0.05, 0) is 46.7 Å². The molecule has 0 fully saturated rings. The van der Waals surface area contributed by atoms with Crippen molar-refractivity contribution >= 4 is 17.9 Å². The van der Waals surface area contributed by atoms with Gasteiger partial charge in [0.25, 0.3) is 0 Å². The number of aliphatic carboxylic acids is 3. The van der Waals surface area contributed by atoms with Gasteiger partial charge >= 0.3 is 17.9 Å². The minimum Gasteiger partial charge on any atom is -0.480 e. The van der Waals surface area contributed by atoms with E-state index in [-0.39, 0.29) is 31.5 Å². The predicted molar refractivity (Wildman–Crippen MR) is 222 cm³/mol. The summed E-state index contributed by atoms with van der Waals surface area (Å²) in [6.45, 7) is 27.9. The highest BCUT2D eigenvalue weighted by atomic mass is 16.4. The Morgan fingerprint density at radius 3 is 1.47 bits per heavy atom. The lowest BCUT2D eigenvalue weighted by Crippen LogP contribution is -2.11. The second-order valence-corrected chi connectivity index (χ2v) is 13.3. The first-order valence-corrected chi connectivity index (χ1v) is 19.4. The molecule has 0 aliphatic heterocycles. The first kappa shape index (κ1) is 54.2. The molecule has 0 bridgehead atoms. The third-order valence-corrected chi connectivity index (χ3v) is 6.71. The van der Waals surface area contributed by atoms with Crippen LogP contribution in [0, 0.1) is 0 Å². The van der Waals surface area contributed by atoms with E-state index in [9.17, 15) is 14.4 Å². The molecule has 58 heavy (non-hydrogen) atoms. The Hall–Kier alpha value is -5.94. The predicted octanol–water partition coefficient (Wildman–Crippen LogP) is 7.32. The monoisotopic (exact) mass is 811 g/mol. The van der Waals surface area contributed by atoms with Crippen LogP contribution in [0.5, 0.6) is 0 Å². The number of nitrogens with zero attached hydrogens (tertiary/aromatic N) is 12. The molecule has 0 radical (unpaired) electrons. The quantitative estimate of drug-likeness (QED) is 0.118. The number of hydrogen-bond acceptors (Lipinski definition) is 12. The normalized spacial score (nSPS) is 9.91. The molecule has 0 aliphatic carbocycles. The standard InChI is InChI=1S/C8H12N2O2.C8H11N.C7H11N3O2.C7H10N2.C6H10N4O2.2C2H6/c1-6(2)7-3-4-10(9-7)5-8(11)12;1-7(2)8-4-3-5-9-6-8;1-5(2)6-3-10(9-8-6)4-7(11)12;1-6(2)7-8-4-3-5-9-7;1-4(2)6-7-9-10(8-6)3-5(11)12;2*1-2/h3-4,6H,5H2,1-2H3,(H,11,12);3-7H,1-2H3;3,5H,4H2,1-2H3,(H,11,12);3-6H,1-2H3;4H,3H2,1-2H3,(H,11,12);2*1-2H3. The van der Waals surface area contributed by atoms with E-state index in [1.165, 1.54) is 14.9 Å². The Kier molecular flexibility index (Phi) is 29.1. The van der Waals surface area contributed by atoms with Gasteiger partial charge in [0.1, 0.15) is 18.9 Å². The molecule has 0 unspecified atom stereocenters. The third kappa shape index (κ3) is 25.3. The van der Waals surface area contributed by atoms with Crippen LogP contribution in [-0.4, -0.2) is 93.2 Å². The molecular formula is C40H66N12O6. The van der Waals surface area contributed by atoms with Gasteiger partial charge in [0, 0.05) is 49.0 Å². The molecule has 5 aromatic heterocycles. The van der Waals surface area contributed by atoms with E-state index in [1.54, 1.807) is 31.0 Å². The number of carboxylic acids is 3. The Morgan fingerprint density at radius 2 is 1.10 bits per heavy atom. The Labute approximate surface area is 343 Å². The van der Waals surface area contributed by atoms with E-state index >= 15 is 0 Å². The van der Waals surface area contributed by atoms with Crippen molar-refractivity contribution in [3.05, 3.63) is 90.0 Å². The molecular weight excluding hydrogens is 745 g/mol. The second-order valence-electron chi connectivity index (χ2n) is 13.3. The highest BCUT2D eigenvalue weighted by Crippen LogP contribution is 2.11. The van der Waals surface area contributed by atoms with Crippen LogP contribution in [0.4, 0.5) is 0 Å². The van der Waals surface area contributed by atoms with Crippen molar-refractivity contribution in [2.75, 3.05) is 0 Å². The molecule has 3 N–H and O–H groups in total. The number of hydrogen-bond donors (Lipinski definition) is 3. The van der Waals surface area contributed by atoms with Gasteiger partial charge in [-0.15, -0.1) is 15.3 Å². The van der Waals surface area contributed by atoms with Gasteiger partial charge in [-0.25, -0.2) is 14.6 Å². The summed E-state index contributed by atoms with van der Waals surface area (Å²) < 4.78 is 2.75. The van der Waals surface area contributed by atoms with E-state index < -0.39 is 17.9 Å². The van der Waals surface area contributed by atoms with Crippen molar-refractivity contribution in [3.8, 4) is 0 Å². The topological polar surface area (TPSA) is 243 Å². The van der Waals surface area contributed by atoms with Crippen LogP contribution < -0.4 is 0 Å². The summed E-state index contributed by atoms with van der Waals surface area (Å²) >= 11 is 0. The number of rotatable bonds is 11. The minimum atomic E-state index is -0.970. The number of pyridine rings is 1. The Bertz CT molecular complexity index is 1610. The van der Waals surface area contributed by atoms with E-state index in [2.05, 4.69) is 79.5 Å². The van der Waals surface area contributed by atoms with Crippen molar-refractivity contribution < 1.29 is 29.7 Å². The van der Waals surface area contributed by atoms with E-state index in [1.807, 2.05) is 93.6 Å². The van der Waals surface area contributed by atoms with Crippen molar-refractivity contribution in [1.29, 1.82) is 0 Å². The van der Waals surface area contributed by atoms with Gasteiger partial charge in [0.2, 0.25) is 0 Å². The van der Waals surface area contributed by atoms with E-state index in [0.717, 1.165) is 22.0 Å². The Balaban J connectivity index is 0. The molecule has 0 saturated heterocycles. The molecule has 322 valence electrons. The maximum atomic E-state index is 10.3. The maximum Gasteiger partial charge on any atom is 0.327 e. The summed E-state index contributed by atoms with van der Waals surface area (Å²) in [5.41, 5.74) is 3.05. The van der Waals surface area contributed by atoms with E-state index in [4.69, 9.17) is 15.3 Å². The summed E-state index contributed by atoms with van der Waals surface area (Å²) in [5.74, 6) is 0.574. The molecule has 5 heterocycles. The van der Waals surface area contributed by atoms with Crippen LogP contribution >= 0.6 is 0 Å². The van der Waals surface area contributed by atoms with Gasteiger partial charge in [-0.3, -0.25) is 24.0 Å². The van der Waals surface area contributed by atoms with Crippen LogP contribution in [0.1, 0.15) is 155 Å². The molecule has 18 nitrogen and oxygen atoms in total. The van der Waals surface area contributed by atoms with Gasteiger partial charge in [0.05, 0.1) is 11.4 Å². The fourth-order valence-corrected chi connectivity index (χ4v) is 3.71. The van der Waals surface area contributed by atoms with Crippen molar-refractivity contribution in [2.45, 2.75) is 146 Å². The van der Waals surface area contributed by atoms with Crippen LogP contribution in [0.25, 0.3) is 0 Å². The minimum absolute atomic E-state index is 0.0628. The smallest absolute Gasteiger partial charge is 0.327 e. The fourth-order valence-electron chi connectivity index (χ4n) is 3.71. The summed E-state index contributed by atoms with van der Waals surface area (Å²) in [6.07, 6.45) is 10.6. The highest BCUT2D eigenvalue weighted by Gasteiger charge is 2.09. The fraction of sp³-hybridized carbons (Fsp3) is 0.550. The largest absolute Gasteiger partial charge is 0.480 e. The summed E-state index contributed by atoms with van der Waals surface area (Å²) in [7, 11) is 0. The molecule has 5 rings (SSSR count). The number of aromatic nitrogens is 12. The molecule has 0 amide bonds. The maximum absolute atomic E-state index is 10.3. The number of tetrazole rings is 1. The van der Waals surface area contributed by atoms with Crippen LogP contribution in [-0.2, 0) is 34.0 Å². The van der Waals surface area contributed by atoms with Crippen molar-refractivity contribution in [2.24, 2.45) is 0 Å². The molecule has 5 aromatic rings. The van der Waals surface area contributed by atoms with E-state index in [0.29, 0.717) is 23.6 Å². The molecule has 0 spiro atoms. The van der Waals surface area contributed by atoms with Crippen LogP contribution in [0.2, 0.25) is 0 Å². The Morgan fingerprint density at radius 1 is 0.569 bits per heavy atom. The number of carboxylic acid groups (broad SMARTS) is 3. The van der Waals surface area contributed by atoms with Crippen LogP contribution in [0.15, 0.2) is 61.4 Å². The third-order valence-electron chi connectivity index (χ3n) is 6.71. The van der Waals surface area contributed by atoms with Gasteiger partial charge < -0.3 is 15.3 Å². The lowest BCUT2D eigenvalue weighted by atomic mass is 10.1. The number of carbonyl (C=O) groups is 3. The molecule has 18 heteroatoms. The van der Waals surface area contributed by atoms with Crippen LogP contribution in [0.3, 0.4) is 0 Å². The summed E-state index contributed by atoms with van der Waals surface area (Å²) in [6, 6.07) is 7.73. The molecule has 0 saturated carbocycles. The zero-order valence-electron chi connectivity index (χ0n) is 36.7. The summed E-state index contributed by atoms with van der Waals surface area (Å²) in [5, 5.41) is 48.0. The zero-order valence-corrected chi connectivity index (χ0v) is 36.7. The van der Waals surface area contributed by atoms with Crippen molar-refractivity contribution in [1.82, 2.24) is 59.9 Å². The average molecular weight is 811 g/mol. The van der Waals surface area contributed by atoms with Crippen molar-refractivity contribution in [3.63, 3.8) is 0 Å². The second kappa shape index (κ2) is 31.2. The van der Waals surface area contributed by atoms with Gasteiger partial charge in [-0.2, -0.15) is 9.90 Å². The average Bonchev–Trinajstić information content (AvgIpc) is 3.97. The molecule has 0 aromatic carbocycles. The lowest BCUT2D eigenvalue weighted by molar-refractivity contribution is -0.139. The first-order chi connectivity index (χ1) is 27.4. The molecule has 0 aliphatic rings. The SMILES string of the molecule is CC.CC.CC(C)c1cccnc1.CC(C)c1ccn(CC(=O)O)n1.CC(C)c1cn(CC(=O)O)nn1.CC(C)c1ncccn1.CC(C)c1nnn(CC(=O)O)n1. The zero-order chi connectivity index (χ0) is 44.8.